The Hall–Kier alpha value is -3.71. The fourth-order valence-corrected chi connectivity index (χ4v) is 3.25. The first-order valence-electron chi connectivity index (χ1n) is 11.4. The summed E-state index contributed by atoms with van der Waals surface area (Å²) in [6.45, 7) is 4.63. The summed E-state index contributed by atoms with van der Waals surface area (Å²) in [4.78, 5) is 61.1. The zero-order chi connectivity index (χ0) is 27.6. The number of amides is 4. The molecule has 0 heterocycles. The zero-order valence-corrected chi connectivity index (χ0v) is 20.4. The average molecular weight is 510 g/mol. The number of phenolic OH excluding ortho intramolecular Hbond substituents is 1. The second-order valence-electron chi connectivity index (χ2n) is 8.65. The van der Waals surface area contributed by atoms with Crippen molar-refractivity contribution in [2.45, 2.75) is 70.3 Å². The summed E-state index contributed by atoms with van der Waals surface area (Å²) in [5.74, 6) is -5.13. The van der Waals surface area contributed by atoms with Crippen LogP contribution in [0, 0.1) is 5.92 Å². The van der Waals surface area contributed by atoms with Crippen LogP contribution in [-0.4, -0.2) is 75.2 Å². The van der Waals surface area contributed by atoms with Crippen molar-refractivity contribution < 1.29 is 39.3 Å². The van der Waals surface area contributed by atoms with Crippen molar-refractivity contribution in [3.63, 3.8) is 0 Å². The second-order valence-corrected chi connectivity index (χ2v) is 8.65. The highest BCUT2D eigenvalue weighted by molar-refractivity contribution is 5.95. The van der Waals surface area contributed by atoms with E-state index in [0.717, 1.165) is 0 Å². The van der Waals surface area contributed by atoms with Crippen LogP contribution < -0.4 is 27.4 Å². The van der Waals surface area contributed by atoms with Crippen molar-refractivity contribution in [1.29, 1.82) is 0 Å². The number of hydrogen-bond acceptors (Lipinski definition) is 8. The molecular formula is C23H35N5O8. The van der Waals surface area contributed by atoms with E-state index >= 15 is 0 Å². The van der Waals surface area contributed by atoms with E-state index in [0.29, 0.717) is 12.0 Å². The van der Waals surface area contributed by atoms with E-state index in [9.17, 15) is 39.3 Å². The molecule has 6 unspecified atom stereocenters. The number of hydrogen-bond donors (Lipinski definition) is 8. The number of carboxylic acids is 1. The number of benzene rings is 1. The van der Waals surface area contributed by atoms with E-state index in [-0.39, 0.29) is 12.2 Å². The number of carboxylic acid groups (broad SMARTS) is 1. The number of aliphatic hydroxyl groups is 1. The molecule has 10 N–H and O–H groups in total. The molecule has 1 aromatic rings. The van der Waals surface area contributed by atoms with Gasteiger partial charge in [0.25, 0.3) is 0 Å². The number of aliphatic hydroxyl groups excluding tert-OH is 1. The lowest BCUT2D eigenvalue weighted by molar-refractivity contribution is -0.145. The van der Waals surface area contributed by atoms with Gasteiger partial charge in [-0.3, -0.25) is 19.2 Å². The standard InChI is InChI=1S/C23H35N5O8/c1-4-11(2)18(22(34)28-19(12(3)29)23(35)36)27-21(33)16(9-13-5-7-14(30)8-6-13)26-20(32)15(24)10-17(25)31/h5-8,11-12,15-16,18-19,29-30H,4,9-10,24H2,1-3H3,(H2,25,31)(H,26,32)(H,27,33)(H,28,34)(H,35,36). The third-order valence-corrected chi connectivity index (χ3v) is 5.61. The minimum atomic E-state index is -1.60. The Kier molecular flexibility index (Phi) is 11.8. The molecule has 0 spiro atoms. The SMILES string of the molecule is CCC(C)C(NC(=O)C(Cc1ccc(O)cc1)NC(=O)C(N)CC(N)=O)C(=O)NC(C(=O)O)C(C)O. The van der Waals surface area contributed by atoms with Gasteiger partial charge in [-0.2, -0.15) is 0 Å². The molecule has 13 nitrogen and oxygen atoms in total. The topological polar surface area (TPSA) is 234 Å². The number of aliphatic carboxylic acids is 1. The Labute approximate surface area is 208 Å². The number of aromatic hydroxyl groups is 1. The smallest absolute Gasteiger partial charge is 0.328 e. The predicted octanol–water partition coefficient (Wildman–Crippen LogP) is -1.90. The van der Waals surface area contributed by atoms with Crippen molar-refractivity contribution in [2.75, 3.05) is 0 Å². The quantitative estimate of drug-likeness (QED) is 0.140. The molecule has 0 radical (unpaired) electrons. The van der Waals surface area contributed by atoms with Gasteiger partial charge in [-0.05, 0) is 30.5 Å². The van der Waals surface area contributed by atoms with E-state index in [2.05, 4.69) is 16.0 Å². The lowest BCUT2D eigenvalue weighted by Crippen LogP contribution is -2.60. The summed E-state index contributed by atoms with van der Waals surface area (Å²) >= 11 is 0. The number of nitrogens with one attached hydrogen (secondary N) is 3. The van der Waals surface area contributed by atoms with Crippen molar-refractivity contribution in [2.24, 2.45) is 17.4 Å². The van der Waals surface area contributed by atoms with Gasteiger partial charge in [0.15, 0.2) is 6.04 Å². The molecule has 0 bridgehead atoms. The normalized spacial score (nSPS) is 15.9. The number of phenols is 1. The molecular weight excluding hydrogens is 474 g/mol. The molecule has 0 saturated heterocycles. The molecule has 0 aliphatic heterocycles. The Morgan fingerprint density at radius 1 is 0.917 bits per heavy atom. The Morgan fingerprint density at radius 3 is 1.94 bits per heavy atom. The lowest BCUT2D eigenvalue weighted by atomic mass is 9.96. The zero-order valence-electron chi connectivity index (χ0n) is 20.4. The van der Waals surface area contributed by atoms with Gasteiger partial charge in [0.2, 0.25) is 23.6 Å². The van der Waals surface area contributed by atoms with Crippen LogP contribution in [0.3, 0.4) is 0 Å². The first-order valence-corrected chi connectivity index (χ1v) is 11.4. The van der Waals surface area contributed by atoms with Crippen molar-refractivity contribution in [3.8, 4) is 5.75 Å². The lowest BCUT2D eigenvalue weighted by Gasteiger charge is -2.28. The predicted molar refractivity (Wildman–Crippen MR) is 128 cm³/mol. The first kappa shape index (κ1) is 30.3. The number of carbonyl (C=O) groups excluding carboxylic acids is 4. The highest BCUT2D eigenvalue weighted by atomic mass is 16.4. The molecule has 1 aromatic carbocycles. The minimum Gasteiger partial charge on any atom is -0.508 e. The van der Waals surface area contributed by atoms with Gasteiger partial charge in [0.1, 0.15) is 17.8 Å². The highest BCUT2D eigenvalue weighted by Crippen LogP contribution is 2.13. The molecule has 0 aliphatic rings. The van der Waals surface area contributed by atoms with E-state index in [4.69, 9.17) is 11.5 Å². The minimum absolute atomic E-state index is 0.00753. The average Bonchev–Trinajstić information content (AvgIpc) is 2.80. The monoisotopic (exact) mass is 509 g/mol. The number of carbonyl (C=O) groups is 5. The molecule has 4 amide bonds. The van der Waals surface area contributed by atoms with Crippen LogP contribution >= 0.6 is 0 Å². The maximum absolute atomic E-state index is 13.2. The van der Waals surface area contributed by atoms with E-state index < -0.39 is 72.2 Å². The Bertz CT molecular complexity index is 937. The maximum atomic E-state index is 13.2. The number of rotatable bonds is 14. The van der Waals surface area contributed by atoms with Crippen molar-refractivity contribution >= 4 is 29.6 Å². The van der Waals surface area contributed by atoms with Gasteiger partial charge in [0.05, 0.1) is 18.6 Å². The van der Waals surface area contributed by atoms with Crippen molar-refractivity contribution in [3.05, 3.63) is 29.8 Å². The molecule has 6 atom stereocenters. The van der Waals surface area contributed by atoms with Crippen LogP contribution in [0.5, 0.6) is 5.75 Å². The molecule has 200 valence electrons. The number of nitrogens with two attached hydrogens (primary N) is 2. The van der Waals surface area contributed by atoms with Gasteiger partial charge in [-0.15, -0.1) is 0 Å². The molecule has 0 aliphatic carbocycles. The van der Waals surface area contributed by atoms with E-state index in [1.54, 1.807) is 13.8 Å². The Balaban J connectivity index is 3.18. The fourth-order valence-electron chi connectivity index (χ4n) is 3.25. The van der Waals surface area contributed by atoms with Gasteiger partial charge in [-0.25, -0.2) is 4.79 Å². The summed E-state index contributed by atoms with van der Waals surface area (Å²) in [5.41, 5.74) is 11.3. The number of primary amides is 1. The van der Waals surface area contributed by atoms with E-state index in [1.165, 1.54) is 31.2 Å². The van der Waals surface area contributed by atoms with Gasteiger partial charge >= 0.3 is 5.97 Å². The van der Waals surface area contributed by atoms with Crippen LogP contribution in [0.2, 0.25) is 0 Å². The molecule has 1 rings (SSSR count). The summed E-state index contributed by atoms with van der Waals surface area (Å²) in [7, 11) is 0. The van der Waals surface area contributed by atoms with Gasteiger partial charge in [0, 0.05) is 6.42 Å². The summed E-state index contributed by atoms with van der Waals surface area (Å²) in [6.07, 6.45) is -1.47. The third-order valence-electron chi connectivity index (χ3n) is 5.61. The maximum Gasteiger partial charge on any atom is 0.328 e. The molecule has 36 heavy (non-hydrogen) atoms. The first-order chi connectivity index (χ1) is 16.8. The van der Waals surface area contributed by atoms with Crippen LogP contribution in [0.25, 0.3) is 0 Å². The molecule has 0 aromatic heterocycles. The highest BCUT2D eigenvalue weighted by Gasteiger charge is 2.34. The van der Waals surface area contributed by atoms with Crippen LogP contribution in [-0.2, 0) is 30.4 Å². The third kappa shape index (κ3) is 9.50. The summed E-state index contributed by atoms with van der Waals surface area (Å²) in [6, 6.07) is 0.502. The molecule has 0 fully saturated rings. The van der Waals surface area contributed by atoms with Crippen LogP contribution in [0.1, 0.15) is 39.2 Å². The summed E-state index contributed by atoms with van der Waals surface area (Å²) in [5, 5.41) is 35.7. The second kappa shape index (κ2) is 14.0. The van der Waals surface area contributed by atoms with Gasteiger partial charge in [-0.1, -0.05) is 32.4 Å². The van der Waals surface area contributed by atoms with Crippen molar-refractivity contribution in [1.82, 2.24) is 16.0 Å². The molecule has 0 saturated carbocycles. The summed E-state index contributed by atoms with van der Waals surface area (Å²) < 4.78 is 0. The van der Waals surface area contributed by atoms with Gasteiger partial charge < -0.3 is 42.7 Å². The Morgan fingerprint density at radius 2 is 1.47 bits per heavy atom. The largest absolute Gasteiger partial charge is 0.508 e. The fraction of sp³-hybridized carbons (Fsp3) is 0.522. The van der Waals surface area contributed by atoms with Crippen LogP contribution in [0.4, 0.5) is 0 Å². The van der Waals surface area contributed by atoms with Crippen LogP contribution in [0.15, 0.2) is 24.3 Å². The van der Waals surface area contributed by atoms with E-state index in [1.807, 2.05) is 0 Å². The molecule has 13 heteroatoms.